The fourth-order valence-corrected chi connectivity index (χ4v) is 0. The number of nitrogens with two attached hydrogens (primary N) is 1. The molecule has 0 radical (unpaired) electrons. The number of terminal acetylenes is 1. The molecule has 0 aromatic heterocycles. The van der Waals surface area contributed by atoms with E-state index in [1.54, 1.807) is 0 Å². The maximum Gasteiger partial charge on any atom is 0.168 e. The minimum absolute atomic E-state index is 0.218. The van der Waals surface area contributed by atoms with Crippen molar-refractivity contribution in [2.24, 2.45) is 5.73 Å². The van der Waals surface area contributed by atoms with Crippen LogP contribution in [0.3, 0.4) is 0 Å². The largest absolute Gasteiger partial charge is 0.377 e. The molecule has 0 aliphatic rings. The van der Waals surface area contributed by atoms with Crippen LogP contribution < -0.4 is 5.73 Å². The van der Waals surface area contributed by atoms with Gasteiger partial charge in [0.1, 0.15) is 0 Å². The molecule has 0 aliphatic heterocycles. The van der Waals surface area contributed by atoms with Crippen LogP contribution in [0.5, 0.6) is 0 Å². The van der Waals surface area contributed by atoms with Gasteiger partial charge in [-0.2, -0.15) is 0 Å². The highest BCUT2D eigenvalue weighted by atomic mass is 14.7. The first kappa shape index (κ1) is 4.03. The predicted molar refractivity (Wildman–Crippen MR) is 20.7 cm³/mol. The molecule has 0 spiro atoms. The van der Waals surface area contributed by atoms with Crippen LogP contribution in [0.2, 0.25) is 0 Å². The monoisotopic (exact) mass is 68.0 g/mol. The first-order chi connectivity index (χ1) is 2.27. The first-order valence-electron chi connectivity index (χ1n) is 1.08. The molecular weight excluding hydrogens is 64.0 g/mol. The van der Waals surface area contributed by atoms with Gasteiger partial charge >= 0.3 is 0 Å². The lowest BCUT2D eigenvalue weighted by Crippen LogP contribution is -2.03. The van der Waals surface area contributed by atoms with Crippen LogP contribution in [0.15, 0.2) is 0 Å². The van der Waals surface area contributed by atoms with Gasteiger partial charge in [0.25, 0.3) is 0 Å². The summed E-state index contributed by atoms with van der Waals surface area (Å²) >= 11 is 0. The van der Waals surface area contributed by atoms with Gasteiger partial charge in [-0.05, 0) is 5.92 Å². The van der Waals surface area contributed by atoms with E-state index >= 15 is 0 Å². The maximum absolute atomic E-state index is 6.28. The maximum atomic E-state index is 6.28. The average Bonchev–Trinajstić information content (AvgIpc) is 1.38. The summed E-state index contributed by atoms with van der Waals surface area (Å²) in [6.45, 7) is 0. The van der Waals surface area contributed by atoms with Gasteiger partial charge in [0.2, 0.25) is 0 Å². The molecule has 3 N–H and O–H groups in total. The zero-order chi connectivity index (χ0) is 4.28. The lowest BCUT2D eigenvalue weighted by Gasteiger charge is -1.67. The minimum atomic E-state index is -0.218. The van der Waals surface area contributed by atoms with Crippen molar-refractivity contribution >= 4 is 5.84 Å². The average molecular weight is 68.1 g/mol. The SMILES string of the molecule is C#CC(=N)N. The summed E-state index contributed by atoms with van der Waals surface area (Å²) in [5.74, 6) is 1.67. The van der Waals surface area contributed by atoms with Gasteiger partial charge in [0.05, 0.1) is 0 Å². The second-order valence-corrected chi connectivity index (χ2v) is 0.558. The van der Waals surface area contributed by atoms with Crippen LogP contribution in [-0.4, -0.2) is 5.84 Å². The molecule has 0 aromatic carbocycles. The van der Waals surface area contributed by atoms with E-state index in [-0.39, 0.29) is 5.84 Å². The van der Waals surface area contributed by atoms with Crippen LogP contribution in [0.4, 0.5) is 0 Å². The number of hydrogen-bond donors (Lipinski definition) is 2. The highest BCUT2D eigenvalue weighted by molar-refractivity contribution is 5.93. The smallest absolute Gasteiger partial charge is 0.168 e. The topological polar surface area (TPSA) is 49.9 Å². The molecule has 2 nitrogen and oxygen atoms in total. The molecular formula is C3H4N2. The Morgan fingerprint density at radius 3 is 2.20 bits per heavy atom. The van der Waals surface area contributed by atoms with Crippen LogP contribution in [0, 0.1) is 17.8 Å². The number of rotatable bonds is 0. The summed E-state index contributed by atoms with van der Waals surface area (Å²) in [4.78, 5) is 0. The third-order valence-electron chi connectivity index (χ3n) is 0.156. The van der Waals surface area contributed by atoms with Crippen molar-refractivity contribution in [3.05, 3.63) is 0 Å². The molecule has 5 heavy (non-hydrogen) atoms. The molecule has 0 aromatic rings. The zero-order valence-electron chi connectivity index (χ0n) is 2.65. The molecule has 0 aliphatic carbocycles. The van der Waals surface area contributed by atoms with Gasteiger partial charge in [-0.25, -0.2) is 0 Å². The molecule has 0 unspecified atom stereocenters. The highest BCUT2D eigenvalue weighted by Gasteiger charge is 1.62. The van der Waals surface area contributed by atoms with Gasteiger partial charge in [0.15, 0.2) is 5.84 Å². The molecule has 2 heteroatoms. The summed E-state index contributed by atoms with van der Waals surface area (Å²) in [6, 6.07) is 0. The molecule has 0 atom stereocenters. The highest BCUT2D eigenvalue weighted by Crippen LogP contribution is 1.39. The van der Waals surface area contributed by atoms with Crippen molar-refractivity contribution in [2.75, 3.05) is 0 Å². The quantitative estimate of drug-likeness (QED) is 0.225. The first-order valence-corrected chi connectivity index (χ1v) is 1.08. The van der Waals surface area contributed by atoms with E-state index in [1.165, 1.54) is 0 Å². The molecule has 0 bridgehead atoms. The molecule has 0 fully saturated rings. The van der Waals surface area contributed by atoms with Crippen molar-refractivity contribution in [3.8, 4) is 12.3 Å². The van der Waals surface area contributed by atoms with E-state index in [4.69, 9.17) is 5.41 Å². The molecule has 26 valence electrons. The molecule has 0 saturated heterocycles. The van der Waals surface area contributed by atoms with E-state index in [9.17, 15) is 0 Å². The van der Waals surface area contributed by atoms with E-state index in [0.29, 0.717) is 0 Å². The fourth-order valence-electron chi connectivity index (χ4n) is 0. The lowest BCUT2D eigenvalue weighted by atomic mass is 10.7. The standard InChI is InChI=1S/C3H4N2/c1-2-3(4)5/h1H,(H3,4,5). The normalized spacial score (nSPS) is 5.40. The van der Waals surface area contributed by atoms with Crippen molar-refractivity contribution in [3.63, 3.8) is 0 Å². The van der Waals surface area contributed by atoms with Gasteiger partial charge in [0, 0.05) is 0 Å². The van der Waals surface area contributed by atoms with Gasteiger partial charge in [-0.1, -0.05) is 0 Å². The Morgan fingerprint density at radius 1 is 2.00 bits per heavy atom. The Labute approximate surface area is 30.5 Å². The zero-order valence-corrected chi connectivity index (χ0v) is 2.65. The minimum Gasteiger partial charge on any atom is -0.377 e. The molecule has 0 rings (SSSR count). The fraction of sp³-hybridized carbons (Fsp3) is 0. The van der Waals surface area contributed by atoms with Gasteiger partial charge in [-0.15, -0.1) is 6.42 Å². The van der Waals surface area contributed by atoms with E-state index in [2.05, 4.69) is 12.2 Å². The second kappa shape index (κ2) is 1.36. The third-order valence-corrected chi connectivity index (χ3v) is 0.156. The third kappa shape index (κ3) is 3.03. The van der Waals surface area contributed by atoms with Crippen molar-refractivity contribution < 1.29 is 0 Å². The van der Waals surface area contributed by atoms with Gasteiger partial charge in [-0.3, -0.25) is 5.41 Å². The Bertz CT molecular complexity index is 77.4. The summed E-state index contributed by atoms with van der Waals surface area (Å²) in [5.41, 5.74) is 4.64. The van der Waals surface area contributed by atoms with Crippen LogP contribution in [0.1, 0.15) is 0 Å². The van der Waals surface area contributed by atoms with Crippen molar-refractivity contribution in [1.82, 2.24) is 0 Å². The van der Waals surface area contributed by atoms with Crippen molar-refractivity contribution in [2.45, 2.75) is 0 Å². The summed E-state index contributed by atoms with van der Waals surface area (Å²) in [7, 11) is 0. The summed E-state index contributed by atoms with van der Waals surface area (Å²) < 4.78 is 0. The Morgan fingerprint density at radius 2 is 2.20 bits per heavy atom. The number of amidine groups is 1. The molecule has 0 saturated carbocycles. The van der Waals surface area contributed by atoms with E-state index in [0.717, 1.165) is 0 Å². The van der Waals surface area contributed by atoms with Crippen LogP contribution in [0.25, 0.3) is 0 Å². The van der Waals surface area contributed by atoms with Crippen LogP contribution in [-0.2, 0) is 0 Å². The Balaban J connectivity index is 3.35. The Hall–Kier alpha value is -0.970. The molecule has 0 amide bonds. The van der Waals surface area contributed by atoms with E-state index in [1.807, 2.05) is 5.92 Å². The number of nitrogens with one attached hydrogen (secondary N) is 1. The van der Waals surface area contributed by atoms with Crippen LogP contribution >= 0.6 is 0 Å². The predicted octanol–water partition coefficient (Wildman–Crippen LogP) is -0.444. The second-order valence-electron chi connectivity index (χ2n) is 0.558. The lowest BCUT2D eigenvalue weighted by molar-refractivity contribution is 1.48. The van der Waals surface area contributed by atoms with E-state index < -0.39 is 0 Å². The summed E-state index contributed by atoms with van der Waals surface area (Å²) in [6.07, 6.45) is 4.57. The molecule has 0 heterocycles. The van der Waals surface area contributed by atoms with Crippen molar-refractivity contribution in [1.29, 1.82) is 5.41 Å². The Kier molecular flexibility index (Phi) is 1.10. The summed E-state index contributed by atoms with van der Waals surface area (Å²) in [5, 5.41) is 6.28. The number of hydrogen-bond acceptors (Lipinski definition) is 1. The van der Waals surface area contributed by atoms with Gasteiger partial charge < -0.3 is 5.73 Å².